The molecule has 0 aliphatic heterocycles. The Morgan fingerprint density at radius 3 is 2.75 bits per heavy atom. The van der Waals surface area contributed by atoms with E-state index in [0.717, 1.165) is 10.0 Å². The van der Waals surface area contributed by atoms with Crippen molar-refractivity contribution in [2.45, 2.75) is 6.92 Å². The topological polar surface area (TPSA) is 66.9 Å². The van der Waals surface area contributed by atoms with Crippen LogP contribution < -0.4 is 10.6 Å². The van der Waals surface area contributed by atoms with Gasteiger partial charge >= 0.3 is 0 Å². The lowest BCUT2D eigenvalue weighted by molar-refractivity contribution is 0.102. The molecule has 0 atom stereocenters. The molecule has 20 heavy (non-hydrogen) atoms. The smallest absolute Gasteiger partial charge is 0.259 e. The third-order valence-corrected chi connectivity index (χ3v) is 3.08. The summed E-state index contributed by atoms with van der Waals surface area (Å²) in [6.45, 7) is 1.80. The minimum absolute atomic E-state index is 0.0261. The van der Waals surface area contributed by atoms with Crippen LogP contribution in [-0.4, -0.2) is 22.9 Å². The molecule has 0 saturated carbocycles. The number of halogens is 2. The minimum atomic E-state index is -0.692. The van der Waals surface area contributed by atoms with E-state index in [1.54, 1.807) is 13.1 Å². The molecule has 0 unspecified atom stereocenters. The van der Waals surface area contributed by atoms with E-state index in [1.807, 2.05) is 6.07 Å². The van der Waals surface area contributed by atoms with Crippen LogP contribution in [-0.2, 0) is 0 Å². The van der Waals surface area contributed by atoms with E-state index in [9.17, 15) is 9.18 Å². The van der Waals surface area contributed by atoms with Gasteiger partial charge in [-0.2, -0.15) is 0 Å². The maximum atomic E-state index is 14.0. The largest absolute Gasteiger partial charge is 0.371 e. The van der Waals surface area contributed by atoms with Gasteiger partial charge in [0.1, 0.15) is 5.82 Å². The molecule has 2 aromatic heterocycles. The van der Waals surface area contributed by atoms with Crippen LogP contribution in [0.15, 0.2) is 29.0 Å². The summed E-state index contributed by atoms with van der Waals surface area (Å²) in [6, 6.07) is 3.13. The lowest BCUT2D eigenvalue weighted by Gasteiger charge is -2.09. The van der Waals surface area contributed by atoms with Crippen molar-refractivity contribution in [2.75, 3.05) is 17.7 Å². The maximum absolute atomic E-state index is 14.0. The Morgan fingerprint density at radius 1 is 1.35 bits per heavy atom. The number of nitrogens with one attached hydrogen (secondary N) is 2. The lowest BCUT2D eigenvalue weighted by Crippen LogP contribution is -2.16. The average molecular weight is 339 g/mol. The minimum Gasteiger partial charge on any atom is -0.371 e. The Balaban J connectivity index is 2.28. The summed E-state index contributed by atoms with van der Waals surface area (Å²) in [7, 11) is 1.54. The molecule has 0 aliphatic carbocycles. The fraction of sp³-hybridized carbons (Fsp3) is 0.154. The third-order valence-electron chi connectivity index (χ3n) is 2.65. The number of carbonyl (C=O) groups excluding carboxylic acids is 1. The highest BCUT2D eigenvalue weighted by atomic mass is 79.9. The van der Waals surface area contributed by atoms with Crippen LogP contribution in [0.4, 0.5) is 16.0 Å². The zero-order chi connectivity index (χ0) is 14.7. The van der Waals surface area contributed by atoms with E-state index < -0.39 is 11.7 Å². The van der Waals surface area contributed by atoms with E-state index in [4.69, 9.17) is 0 Å². The van der Waals surface area contributed by atoms with Crippen molar-refractivity contribution in [3.63, 3.8) is 0 Å². The zero-order valence-electron chi connectivity index (χ0n) is 10.9. The summed E-state index contributed by atoms with van der Waals surface area (Å²) < 4.78 is 14.8. The Morgan fingerprint density at radius 2 is 2.10 bits per heavy atom. The van der Waals surface area contributed by atoms with Crippen LogP contribution in [0, 0.1) is 12.7 Å². The molecule has 0 spiro atoms. The van der Waals surface area contributed by atoms with E-state index in [2.05, 4.69) is 36.5 Å². The van der Waals surface area contributed by atoms with Crippen LogP contribution >= 0.6 is 15.9 Å². The van der Waals surface area contributed by atoms with Crippen molar-refractivity contribution in [2.24, 2.45) is 0 Å². The van der Waals surface area contributed by atoms with E-state index in [-0.39, 0.29) is 11.4 Å². The molecule has 0 aliphatic rings. The number of rotatable bonds is 3. The van der Waals surface area contributed by atoms with Crippen LogP contribution in [0.2, 0.25) is 0 Å². The molecule has 0 radical (unpaired) electrons. The summed E-state index contributed by atoms with van der Waals surface area (Å²) >= 11 is 3.29. The van der Waals surface area contributed by atoms with E-state index in [0.29, 0.717) is 5.82 Å². The van der Waals surface area contributed by atoms with Crippen molar-refractivity contribution in [1.82, 2.24) is 9.97 Å². The van der Waals surface area contributed by atoms with Gasteiger partial charge in [0.15, 0.2) is 11.6 Å². The second-order valence-electron chi connectivity index (χ2n) is 4.04. The predicted molar refractivity (Wildman–Crippen MR) is 78.4 cm³/mol. The number of hydrogen-bond donors (Lipinski definition) is 2. The molecule has 2 N–H and O–H groups in total. The van der Waals surface area contributed by atoms with Crippen molar-refractivity contribution in [1.29, 1.82) is 0 Å². The molecule has 0 fully saturated rings. The van der Waals surface area contributed by atoms with Gasteiger partial charge in [0.05, 0.1) is 5.56 Å². The number of carbonyl (C=O) groups is 1. The predicted octanol–water partition coefficient (Wildman–Crippen LogP) is 2.98. The summed E-state index contributed by atoms with van der Waals surface area (Å²) in [5.74, 6) is -0.847. The first-order valence-corrected chi connectivity index (χ1v) is 6.58. The van der Waals surface area contributed by atoms with Crippen molar-refractivity contribution in [3.05, 3.63) is 45.9 Å². The SMILES string of the molecule is CNc1nccc(C(=O)Nc2ncc(Br)cc2C)c1F. The van der Waals surface area contributed by atoms with Crippen LogP contribution in [0.3, 0.4) is 0 Å². The molecular weight excluding hydrogens is 327 g/mol. The highest BCUT2D eigenvalue weighted by molar-refractivity contribution is 9.10. The van der Waals surface area contributed by atoms with Crippen LogP contribution in [0.25, 0.3) is 0 Å². The first-order chi connectivity index (χ1) is 9.52. The molecule has 7 heteroatoms. The number of nitrogens with zero attached hydrogens (tertiary/aromatic N) is 2. The molecule has 0 aromatic carbocycles. The van der Waals surface area contributed by atoms with Crippen molar-refractivity contribution in [3.8, 4) is 0 Å². The number of hydrogen-bond acceptors (Lipinski definition) is 4. The fourth-order valence-electron chi connectivity index (χ4n) is 1.64. The van der Waals surface area contributed by atoms with Crippen LogP contribution in [0.1, 0.15) is 15.9 Å². The Kier molecular flexibility index (Phi) is 4.29. The van der Waals surface area contributed by atoms with Crippen molar-refractivity contribution < 1.29 is 9.18 Å². The van der Waals surface area contributed by atoms with Crippen molar-refractivity contribution >= 4 is 33.5 Å². The standard InChI is InChI=1S/C13H12BrFN4O/c1-7-5-8(14)6-18-11(7)19-13(20)9-3-4-17-12(16-2)10(9)15/h3-6H,1-2H3,(H,16,17)(H,18,19,20). The van der Waals surface area contributed by atoms with E-state index >= 15 is 0 Å². The second-order valence-corrected chi connectivity index (χ2v) is 4.96. The Bertz CT molecular complexity index is 663. The molecule has 0 saturated heterocycles. The van der Waals surface area contributed by atoms with Gasteiger partial charge in [-0.1, -0.05) is 0 Å². The molecule has 2 rings (SSSR count). The number of aryl methyl sites for hydroxylation is 1. The number of aromatic nitrogens is 2. The summed E-state index contributed by atoms with van der Waals surface area (Å²) in [5.41, 5.74) is 0.685. The maximum Gasteiger partial charge on any atom is 0.259 e. The van der Waals surface area contributed by atoms with Gasteiger partial charge in [0, 0.05) is 23.9 Å². The monoisotopic (exact) mass is 338 g/mol. The first-order valence-electron chi connectivity index (χ1n) is 5.78. The summed E-state index contributed by atoms with van der Waals surface area (Å²) in [4.78, 5) is 20.0. The van der Waals surface area contributed by atoms with Gasteiger partial charge in [0.25, 0.3) is 5.91 Å². The molecule has 5 nitrogen and oxygen atoms in total. The Labute approximate surface area is 123 Å². The fourth-order valence-corrected chi connectivity index (χ4v) is 2.09. The van der Waals surface area contributed by atoms with Gasteiger partial charge in [-0.25, -0.2) is 14.4 Å². The normalized spacial score (nSPS) is 10.2. The molecule has 0 bridgehead atoms. The summed E-state index contributed by atoms with van der Waals surface area (Å²) in [6.07, 6.45) is 2.93. The number of amides is 1. The molecule has 2 heterocycles. The zero-order valence-corrected chi connectivity index (χ0v) is 12.5. The molecule has 104 valence electrons. The van der Waals surface area contributed by atoms with Gasteiger partial charge < -0.3 is 10.6 Å². The quantitative estimate of drug-likeness (QED) is 0.902. The molecular formula is C13H12BrFN4O. The van der Waals surface area contributed by atoms with Gasteiger partial charge in [-0.15, -0.1) is 0 Å². The van der Waals surface area contributed by atoms with Gasteiger partial charge in [-0.3, -0.25) is 4.79 Å². The third kappa shape index (κ3) is 2.93. The Hall–Kier alpha value is -2.02. The molecule has 1 amide bonds. The highest BCUT2D eigenvalue weighted by Crippen LogP contribution is 2.19. The average Bonchev–Trinajstić information content (AvgIpc) is 2.42. The first kappa shape index (κ1) is 14.4. The summed E-state index contributed by atoms with van der Waals surface area (Å²) in [5, 5.41) is 5.16. The van der Waals surface area contributed by atoms with Gasteiger partial charge in [0.2, 0.25) is 0 Å². The number of pyridine rings is 2. The van der Waals surface area contributed by atoms with Gasteiger partial charge in [-0.05, 0) is 40.5 Å². The van der Waals surface area contributed by atoms with E-state index in [1.165, 1.54) is 19.3 Å². The highest BCUT2D eigenvalue weighted by Gasteiger charge is 2.16. The molecule has 2 aromatic rings. The second kappa shape index (κ2) is 5.96. The number of anilines is 2. The lowest BCUT2D eigenvalue weighted by atomic mass is 10.2. The van der Waals surface area contributed by atoms with Crippen LogP contribution in [0.5, 0.6) is 0 Å².